The van der Waals surface area contributed by atoms with E-state index in [1.807, 2.05) is 18.2 Å². The Hall–Kier alpha value is -3.42. The highest BCUT2D eigenvalue weighted by molar-refractivity contribution is 5.86. The van der Waals surface area contributed by atoms with Gasteiger partial charge in [0.2, 0.25) is 5.91 Å². The summed E-state index contributed by atoms with van der Waals surface area (Å²) in [6.45, 7) is 5.93. The molecule has 0 heterocycles. The number of nitro benzene ring substituents is 1. The van der Waals surface area contributed by atoms with E-state index in [0.717, 1.165) is 18.8 Å². The third-order valence-corrected chi connectivity index (χ3v) is 4.28. The van der Waals surface area contributed by atoms with Crippen LogP contribution < -0.4 is 15.1 Å². The maximum Gasteiger partial charge on any atom is 0.273 e. The molecule has 8 heteroatoms. The second-order valence-electron chi connectivity index (χ2n) is 5.95. The standard InChI is InChI=1S/C20H24N4O4/c1-4-23(5-2)17-11-10-16(19(13-17)28-3)14-21-22-20(25)12-15-8-6-7-9-18(15)24(26)27/h6-11,13-14H,4-5,12H2,1-3H3,(H,22,25). The number of ether oxygens (including phenoxy) is 1. The molecule has 1 N–H and O–H groups in total. The van der Waals surface area contributed by atoms with Crippen LogP contribution in [-0.4, -0.2) is 37.2 Å². The molecule has 2 aromatic carbocycles. The zero-order valence-corrected chi connectivity index (χ0v) is 16.2. The van der Waals surface area contributed by atoms with Crippen LogP contribution in [-0.2, 0) is 11.2 Å². The lowest BCUT2D eigenvalue weighted by molar-refractivity contribution is -0.385. The number of hydrazone groups is 1. The Balaban J connectivity index is 2.06. The summed E-state index contributed by atoms with van der Waals surface area (Å²) in [5.41, 5.74) is 4.40. The van der Waals surface area contributed by atoms with Gasteiger partial charge in [0.15, 0.2) is 0 Å². The summed E-state index contributed by atoms with van der Waals surface area (Å²) in [5, 5.41) is 15.0. The molecule has 0 aliphatic carbocycles. The van der Waals surface area contributed by atoms with Crippen LogP contribution in [0.1, 0.15) is 25.0 Å². The molecule has 148 valence electrons. The Bertz CT molecular complexity index is 863. The molecule has 28 heavy (non-hydrogen) atoms. The SMILES string of the molecule is CCN(CC)c1ccc(C=NNC(=O)Cc2ccccc2[N+](=O)[O-])c(OC)c1. The van der Waals surface area contributed by atoms with Gasteiger partial charge < -0.3 is 9.64 Å². The monoisotopic (exact) mass is 384 g/mol. The van der Waals surface area contributed by atoms with Crippen molar-refractivity contribution in [3.05, 3.63) is 63.7 Å². The Kier molecular flexibility index (Phi) is 7.50. The first kappa shape index (κ1) is 20.9. The van der Waals surface area contributed by atoms with Crippen molar-refractivity contribution in [2.75, 3.05) is 25.1 Å². The smallest absolute Gasteiger partial charge is 0.273 e. The number of para-hydroxylation sites is 1. The molecule has 0 saturated carbocycles. The molecule has 0 bridgehead atoms. The highest BCUT2D eigenvalue weighted by Crippen LogP contribution is 2.24. The fraction of sp³-hybridized carbons (Fsp3) is 0.300. The minimum atomic E-state index is -0.506. The first-order valence-electron chi connectivity index (χ1n) is 8.97. The number of nitro groups is 1. The Morgan fingerprint density at radius 1 is 1.25 bits per heavy atom. The number of carbonyl (C=O) groups is 1. The van der Waals surface area contributed by atoms with Crippen LogP contribution in [0.2, 0.25) is 0 Å². The number of amides is 1. The zero-order chi connectivity index (χ0) is 20.5. The molecular weight excluding hydrogens is 360 g/mol. The normalized spacial score (nSPS) is 10.7. The van der Waals surface area contributed by atoms with Gasteiger partial charge >= 0.3 is 0 Å². The summed E-state index contributed by atoms with van der Waals surface area (Å²) in [4.78, 5) is 24.8. The van der Waals surface area contributed by atoms with Crippen LogP contribution in [0.15, 0.2) is 47.6 Å². The van der Waals surface area contributed by atoms with E-state index in [0.29, 0.717) is 16.9 Å². The van der Waals surface area contributed by atoms with Crippen molar-refractivity contribution in [3.63, 3.8) is 0 Å². The molecule has 0 fully saturated rings. The van der Waals surface area contributed by atoms with E-state index in [2.05, 4.69) is 29.3 Å². The maximum atomic E-state index is 12.1. The summed E-state index contributed by atoms with van der Waals surface area (Å²) in [5.74, 6) is 0.199. The topological polar surface area (TPSA) is 97.1 Å². The molecule has 0 radical (unpaired) electrons. The highest BCUT2D eigenvalue weighted by Gasteiger charge is 2.15. The summed E-state index contributed by atoms with van der Waals surface area (Å²) in [7, 11) is 1.58. The van der Waals surface area contributed by atoms with Gasteiger partial charge in [-0.1, -0.05) is 18.2 Å². The van der Waals surface area contributed by atoms with Crippen molar-refractivity contribution in [2.24, 2.45) is 5.10 Å². The molecule has 0 unspecified atom stereocenters. The van der Waals surface area contributed by atoms with Crippen LogP contribution in [0.4, 0.5) is 11.4 Å². The lowest BCUT2D eigenvalue weighted by Crippen LogP contribution is -2.22. The van der Waals surface area contributed by atoms with E-state index in [9.17, 15) is 14.9 Å². The number of anilines is 1. The van der Waals surface area contributed by atoms with Gasteiger partial charge in [-0.05, 0) is 26.0 Å². The van der Waals surface area contributed by atoms with Crippen LogP contribution >= 0.6 is 0 Å². The molecule has 0 aliphatic rings. The van der Waals surface area contributed by atoms with Crippen molar-refractivity contribution in [2.45, 2.75) is 20.3 Å². The number of nitrogens with zero attached hydrogens (tertiary/aromatic N) is 3. The Morgan fingerprint density at radius 2 is 1.96 bits per heavy atom. The summed E-state index contributed by atoms with van der Waals surface area (Å²) < 4.78 is 5.41. The minimum Gasteiger partial charge on any atom is -0.496 e. The second-order valence-corrected chi connectivity index (χ2v) is 5.95. The first-order chi connectivity index (χ1) is 13.5. The molecule has 2 rings (SSSR count). The third-order valence-electron chi connectivity index (χ3n) is 4.28. The summed E-state index contributed by atoms with van der Waals surface area (Å²) in [6, 6.07) is 11.9. The van der Waals surface area contributed by atoms with Crippen molar-refractivity contribution in [1.82, 2.24) is 5.43 Å². The van der Waals surface area contributed by atoms with Crippen LogP contribution in [0.5, 0.6) is 5.75 Å². The molecule has 1 amide bonds. The van der Waals surface area contributed by atoms with Gasteiger partial charge in [0, 0.05) is 42.0 Å². The highest BCUT2D eigenvalue weighted by atomic mass is 16.6. The lowest BCUT2D eigenvalue weighted by Gasteiger charge is -2.21. The molecule has 8 nitrogen and oxygen atoms in total. The lowest BCUT2D eigenvalue weighted by atomic mass is 10.1. The fourth-order valence-corrected chi connectivity index (χ4v) is 2.82. The first-order valence-corrected chi connectivity index (χ1v) is 8.97. The van der Waals surface area contributed by atoms with Gasteiger partial charge in [0.05, 0.1) is 24.7 Å². The van der Waals surface area contributed by atoms with E-state index in [1.165, 1.54) is 12.3 Å². The van der Waals surface area contributed by atoms with Gasteiger partial charge in [-0.3, -0.25) is 14.9 Å². The zero-order valence-electron chi connectivity index (χ0n) is 16.2. The average Bonchev–Trinajstić information content (AvgIpc) is 2.69. The predicted octanol–water partition coefficient (Wildman–Crippen LogP) is 3.14. The van der Waals surface area contributed by atoms with E-state index in [1.54, 1.807) is 25.3 Å². The number of methoxy groups -OCH3 is 1. The van der Waals surface area contributed by atoms with Crippen molar-refractivity contribution >= 4 is 23.5 Å². The van der Waals surface area contributed by atoms with E-state index >= 15 is 0 Å². The number of hydrogen-bond acceptors (Lipinski definition) is 6. The molecule has 0 aliphatic heterocycles. The predicted molar refractivity (Wildman–Crippen MR) is 109 cm³/mol. The molecule has 0 aromatic heterocycles. The Morgan fingerprint density at radius 3 is 2.61 bits per heavy atom. The van der Waals surface area contributed by atoms with Gasteiger partial charge in [-0.2, -0.15) is 5.10 Å². The minimum absolute atomic E-state index is 0.0877. The maximum absolute atomic E-state index is 12.1. The Labute approximate surface area is 164 Å². The summed E-state index contributed by atoms with van der Waals surface area (Å²) >= 11 is 0. The molecule has 2 aromatic rings. The van der Waals surface area contributed by atoms with Crippen molar-refractivity contribution in [3.8, 4) is 5.75 Å². The number of hydrogen-bond donors (Lipinski definition) is 1. The van der Waals surface area contributed by atoms with E-state index in [4.69, 9.17) is 4.74 Å². The summed E-state index contributed by atoms with van der Waals surface area (Å²) in [6.07, 6.45) is 1.36. The van der Waals surface area contributed by atoms with Gasteiger partial charge in [0.25, 0.3) is 5.69 Å². The largest absolute Gasteiger partial charge is 0.496 e. The second kappa shape index (κ2) is 10.1. The number of nitrogens with one attached hydrogen (secondary N) is 1. The number of carbonyl (C=O) groups excluding carboxylic acids is 1. The molecule has 0 atom stereocenters. The van der Waals surface area contributed by atoms with Gasteiger partial charge in [0.1, 0.15) is 5.75 Å². The fourth-order valence-electron chi connectivity index (χ4n) is 2.82. The van der Waals surface area contributed by atoms with Crippen molar-refractivity contribution in [1.29, 1.82) is 0 Å². The van der Waals surface area contributed by atoms with Crippen LogP contribution in [0, 0.1) is 10.1 Å². The van der Waals surface area contributed by atoms with E-state index < -0.39 is 10.8 Å². The van der Waals surface area contributed by atoms with E-state index in [-0.39, 0.29) is 12.1 Å². The average molecular weight is 384 g/mol. The third kappa shape index (κ3) is 5.29. The number of rotatable bonds is 9. The van der Waals surface area contributed by atoms with Gasteiger partial charge in [-0.15, -0.1) is 0 Å². The molecule has 0 saturated heterocycles. The van der Waals surface area contributed by atoms with Crippen LogP contribution in [0.3, 0.4) is 0 Å². The quantitative estimate of drug-likeness (QED) is 0.407. The van der Waals surface area contributed by atoms with Crippen LogP contribution in [0.25, 0.3) is 0 Å². The number of benzene rings is 2. The van der Waals surface area contributed by atoms with Gasteiger partial charge in [-0.25, -0.2) is 5.43 Å². The van der Waals surface area contributed by atoms with Crippen molar-refractivity contribution < 1.29 is 14.5 Å². The molecular formula is C20H24N4O4. The molecule has 0 spiro atoms.